The second kappa shape index (κ2) is 7.74. The Hall–Kier alpha value is -2.69. The van der Waals surface area contributed by atoms with Crippen LogP contribution in [0, 0.1) is 0 Å². The van der Waals surface area contributed by atoms with Crippen molar-refractivity contribution in [2.75, 3.05) is 12.4 Å². The number of aromatic nitrogens is 5. The van der Waals surface area contributed by atoms with E-state index in [0.717, 1.165) is 10.6 Å². The van der Waals surface area contributed by atoms with E-state index in [1.54, 1.807) is 30.7 Å². The van der Waals surface area contributed by atoms with Gasteiger partial charge in [-0.1, -0.05) is 17.4 Å². The van der Waals surface area contributed by atoms with E-state index in [-0.39, 0.29) is 11.9 Å². The maximum Gasteiger partial charge on any atom is 0.258 e. The smallest absolute Gasteiger partial charge is 0.258 e. The lowest BCUT2D eigenvalue weighted by Gasteiger charge is -2.09. The molecule has 4 rings (SSSR count). The average molecular weight is 415 g/mol. The number of nitrogens with zero attached hydrogens (tertiary/aromatic N) is 5. The number of carbonyl (C=O) groups excluding carboxylic acids is 1. The maximum absolute atomic E-state index is 13.0. The molecule has 0 aliphatic rings. The Morgan fingerprint density at radius 1 is 1.36 bits per heavy atom. The zero-order chi connectivity index (χ0) is 19.7. The number of anilines is 1. The largest absolute Gasteiger partial charge is 0.377 e. The maximum atomic E-state index is 13.0. The van der Waals surface area contributed by atoms with E-state index in [2.05, 4.69) is 20.6 Å². The Morgan fingerprint density at radius 3 is 2.93 bits per heavy atom. The Balaban J connectivity index is 1.76. The normalized spacial score (nSPS) is 11.4. The third-order valence-electron chi connectivity index (χ3n) is 4.03. The first-order chi connectivity index (χ1) is 13.6. The quantitative estimate of drug-likeness (QED) is 0.513. The topological polar surface area (TPSA) is 94.8 Å². The van der Waals surface area contributed by atoms with E-state index in [9.17, 15) is 4.79 Å². The summed E-state index contributed by atoms with van der Waals surface area (Å²) in [5.74, 6) is -0.270. The molecule has 0 saturated heterocycles. The van der Waals surface area contributed by atoms with Gasteiger partial charge in [0.05, 0.1) is 27.7 Å². The molecule has 8 nitrogen and oxygen atoms in total. The first-order valence-corrected chi connectivity index (χ1v) is 10.3. The van der Waals surface area contributed by atoms with Crippen molar-refractivity contribution in [3.8, 4) is 10.6 Å². The average Bonchev–Trinajstić information content (AvgIpc) is 3.41. The van der Waals surface area contributed by atoms with Gasteiger partial charge in [-0.2, -0.15) is 5.10 Å². The van der Waals surface area contributed by atoms with Crippen molar-refractivity contribution < 1.29 is 9.53 Å². The summed E-state index contributed by atoms with van der Waals surface area (Å²) in [5.41, 5.74) is 1.93. The molecule has 0 aliphatic carbocycles. The van der Waals surface area contributed by atoms with Gasteiger partial charge in [0, 0.05) is 13.2 Å². The van der Waals surface area contributed by atoms with Gasteiger partial charge in [-0.15, -0.1) is 21.5 Å². The first kappa shape index (κ1) is 18.7. The third-order valence-corrected chi connectivity index (χ3v) is 5.73. The molecule has 0 aromatic carbocycles. The summed E-state index contributed by atoms with van der Waals surface area (Å²) in [6.07, 6.45) is 1.69. The molecule has 0 atom stereocenters. The third kappa shape index (κ3) is 3.53. The van der Waals surface area contributed by atoms with Gasteiger partial charge in [-0.25, -0.2) is 9.67 Å². The van der Waals surface area contributed by atoms with Crippen molar-refractivity contribution in [2.24, 2.45) is 0 Å². The number of methoxy groups -OCH3 is 1. The molecule has 0 unspecified atom stereocenters. The fourth-order valence-corrected chi connectivity index (χ4v) is 4.18. The van der Waals surface area contributed by atoms with Crippen molar-refractivity contribution in [2.45, 2.75) is 26.5 Å². The van der Waals surface area contributed by atoms with Crippen LogP contribution in [-0.2, 0) is 11.3 Å². The fraction of sp³-hybridized carbons (Fsp3) is 0.278. The number of ether oxygens (including phenoxy) is 1. The molecule has 1 amide bonds. The number of nitrogens with one attached hydrogen (secondary N) is 1. The highest BCUT2D eigenvalue weighted by atomic mass is 32.1. The van der Waals surface area contributed by atoms with E-state index < -0.39 is 0 Å². The number of hydrogen-bond donors (Lipinski definition) is 1. The monoisotopic (exact) mass is 414 g/mol. The number of rotatable bonds is 6. The SMILES string of the molecule is COCc1nnc(NC(=O)c2cc(-c3cccs3)nc3c2cnn3C(C)C)s1. The minimum atomic E-state index is -0.270. The summed E-state index contributed by atoms with van der Waals surface area (Å²) in [4.78, 5) is 18.8. The summed E-state index contributed by atoms with van der Waals surface area (Å²) < 4.78 is 6.87. The zero-order valence-corrected chi connectivity index (χ0v) is 17.2. The highest BCUT2D eigenvalue weighted by Gasteiger charge is 2.20. The van der Waals surface area contributed by atoms with Crippen molar-refractivity contribution >= 4 is 44.7 Å². The molecule has 0 aliphatic heterocycles. The molecule has 4 aromatic heterocycles. The molecule has 0 saturated carbocycles. The second-order valence-electron chi connectivity index (χ2n) is 6.34. The molecule has 4 heterocycles. The summed E-state index contributed by atoms with van der Waals surface area (Å²) in [6, 6.07) is 5.87. The molecule has 0 bridgehead atoms. The predicted octanol–water partition coefficient (Wildman–Crippen LogP) is 3.99. The Bertz CT molecular complexity index is 1120. The number of fused-ring (bicyclic) bond motifs is 1. The van der Waals surface area contributed by atoms with Crippen molar-refractivity contribution in [1.29, 1.82) is 0 Å². The number of thiophene rings is 1. The molecule has 28 heavy (non-hydrogen) atoms. The van der Waals surface area contributed by atoms with Crippen LogP contribution in [0.5, 0.6) is 0 Å². The van der Waals surface area contributed by atoms with Gasteiger partial charge in [0.15, 0.2) is 5.65 Å². The summed E-state index contributed by atoms with van der Waals surface area (Å²) in [6.45, 7) is 4.42. The van der Waals surface area contributed by atoms with Crippen LogP contribution >= 0.6 is 22.7 Å². The molecule has 0 fully saturated rings. The number of pyridine rings is 1. The Kier molecular flexibility index (Phi) is 5.16. The van der Waals surface area contributed by atoms with Gasteiger partial charge >= 0.3 is 0 Å². The molecular weight excluding hydrogens is 396 g/mol. The minimum Gasteiger partial charge on any atom is -0.377 e. The van der Waals surface area contributed by atoms with Gasteiger partial charge in [-0.05, 0) is 31.4 Å². The van der Waals surface area contributed by atoms with Gasteiger partial charge in [-0.3, -0.25) is 10.1 Å². The summed E-state index contributed by atoms with van der Waals surface area (Å²) in [7, 11) is 1.59. The van der Waals surface area contributed by atoms with Gasteiger partial charge in [0.25, 0.3) is 5.91 Å². The fourth-order valence-electron chi connectivity index (χ4n) is 2.78. The minimum absolute atomic E-state index is 0.124. The lowest BCUT2D eigenvalue weighted by molar-refractivity contribution is 0.102. The van der Waals surface area contributed by atoms with E-state index >= 15 is 0 Å². The molecular formula is C18H18N6O2S2. The molecule has 0 radical (unpaired) electrons. The van der Waals surface area contributed by atoms with Crippen LogP contribution in [0.4, 0.5) is 5.13 Å². The second-order valence-corrected chi connectivity index (χ2v) is 8.35. The van der Waals surface area contributed by atoms with Crippen LogP contribution < -0.4 is 5.32 Å². The van der Waals surface area contributed by atoms with Crippen molar-refractivity contribution in [3.05, 3.63) is 40.3 Å². The van der Waals surface area contributed by atoms with E-state index in [4.69, 9.17) is 9.72 Å². The van der Waals surface area contributed by atoms with Crippen LogP contribution in [0.2, 0.25) is 0 Å². The van der Waals surface area contributed by atoms with Crippen LogP contribution in [0.25, 0.3) is 21.6 Å². The van der Waals surface area contributed by atoms with E-state index in [1.807, 2.05) is 36.0 Å². The van der Waals surface area contributed by atoms with Gasteiger partial charge in [0.1, 0.15) is 11.6 Å². The van der Waals surface area contributed by atoms with Crippen molar-refractivity contribution in [3.63, 3.8) is 0 Å². The summed E-state index contributed by atoms with van der Waals surface area (Å²) in [5, 5.41) is 19.1. The summed E-state index contributed by atoms with van der Waals surface area (Å²) >= 11 is 2.86. The standard InChI is InChI=1S/C18H18N6O2S2/c1-10(2)24-16-12(8-19-24)11(7-13(20-16)14-5-4-6-27-14)17(25)21-18-23-22-15(28-18)9-26-3/h4-8,10H,9H2,1-3H3,(H,21,23,25). The number of amides is 1. The zero-order valence-electron chi connectivity index (χ0n) is 15.5. The lowest BCUT2D eigenvalue weighted by atomic mass is 10.1. The number of hydrogen-bond acceptors (Lipinski definition) is 8. The molecule has 0 spiro atoms. The predicted molar refractivity (Wildman–Crippen MR) is 110 cm³/mol. The highest BCUT2D eigenvalue weighted by molar-refractivity contribution is 7.15. The van der Waals surface area contributed by atoms with E-state index in [0.29, 0.717) is 33.3 Å². The van der Waals surface area contributed by atoms with Crippen LogP contribution in [0.15, 0.2) is 29.8 Å². The van der Waals surface area contributed by atoms with E-state index in [1.165, 1.54) is 11.3 Å². The van der Waals surface area contributed by atoms with Gasteiger partial charge in [0.2, 0.25) is 5.13 Å². The highest BCUT2D eigenvalue weighted by Crippen LogP contribution is 2.29. The van der Waals surface area contributed by atoms with Crippen molar-refractivity contribution in [1.82, 2.24) is 25.0 Å². The molecule has 144 valence electrons. The first-order valence-electron chi connectivity index (χ1n) is 8.61. The Morgan fingerprint density at radius 2 is 2.21 bits per heavy atom. The molecule has 4 aromatic rings. The van der Waals surface area contributed by atoms with Crippen LogP contribution in [0.1, 0.15) is 35.3 Å². The lowest BCUT2D eigenvalue weighted by Crippen LogP contribution is -2.13. The van der Waals surface area contributed by atoms with Crippen LogP contribution in [0.3, 0.4) is 0 Å². The van der Waals surface area contributed by atoms with Crippen LogP contribution in [-0.4, -0.2) is 38.0 Å². The molecule has 1 N–H and O–H groups in total. The molecule has 10 heteroatoms. The Labute approximate surface area is 169 Å². The van der Waals surface area contributed by atoms with Gasteiger partial charge < -0.3 is 4.74 Å². The number of carbonyl (C=O) groups is 1.